The number of amides is 2. The van der Waals surface area contributed by atoms with Crippen LogP contribution >= 0.6 is 0 Å². The van der Waals surface area contributed by atoms with Gasteiger partial charge < -0.3 is 29.7 Å². The van der Waals surface area contributed by atoms with Crippen LogP contribution in [-0.2, 0) is 25.5 Å². The summed E-state index contributed by atoms with van der Waals surface area (Å²) in [4.78, 5) is 31.3. The molecule has 3 heterocycles. The van der Waals surface area contributed by atoms with Gasteiger partial charge in [0.2, 0.25) is 12.2 Å². The lowest BCUT2D eigenvalue weighted by Crippen LogP contribution is -2.57. The monoisotopic (exact) mass is 607 g/mol. The molecule has 3 atom stereocenters. The summed E-state index contributed by atoms with van der Waals surface area (Å²) in [5.74, 6) is -0.0153. The maximum atomic E-state index is 14.2. The zero-order chi connectivity index (χ0) is 31.0. The molecule has 45 heavy (non-hydrogen) atoms. The van der Waals surface area contributed by atoms with Gasteiger partial charge in [0.05, 0.1) is 6.67 Å². The Morgan fingerprint density at radius 3 is 2.56 bits per heavy atom. The van der Waals surface area contributed by atoms with E-state index in [2.05, 4.69) is 52.7 Å². The number of ether oxygens (including phenoxy) is 2. The van der Waals surface area contributed by atoms with Gasteiger partial charge in [-0.25, -0.2) is 0 Å². The predicted octanol–water partition coefficient (Wildman–Crippen LogP) is 4.96. The maximum Gasteiger partial charge on any atom is 0.288 e. The molecule has 234 valence electrons. The number of nitrogens with zero attached hydrogens (tertiary/aromatic N) is 2. The van der Waals surface area contributed by atoms with Crippen LogP contribution in [0.4, 0.5) is 5.69 Å². The molecule has 1 spiro atoms. The highest BCUT2D eigenvalue weighted by atomic mass is 16.7. The Kier molecular flexibility index (Phi) is 8.10. The van der Waals surface area contributed by atoms with Gasteiger partial charge in [-0.15, -0.1) is 0 Å². The van der Waals surface area contributed by atoms with Gasteiger partial charge in [-0.2, -0.15) is 0 Å². The summed E-state index contributed by atoms with van der Waals surface area (Å²) in [6, 6.07) is 25.0. The van der Waals surface area contributed by atoms with E-state index >= 15 is 0 Å². The lowest BCUT2D eigenvalue weighted by Gasteiger charge is -2.44. The standard InChI is InChI=1S/C37H41N3O5/c1-2-44-35-30(16-9-21-41)32(29-15-8-14-28-27-13-7-6-10-25(27)22-31(28)29)23-33(45-35)34(42)39-19-17-37(18-20-39)36(43)38-24-40(37)26-11-4-3-5-12-26/h3-8,10-15,23,30,32,35,41H,2,9,16-22,24H2,1H3,(H,38,43). The number of nitrogens with one attached hydrogen (secondary N) is 1. The van der Waals surface area contributed by atoms with Gasteiger partial charge in [-0.3, -0.25) is 9.59 Å². The molecule has 3 unspecified atom stereocenters. The van der Waals surface area contributed by atoms with E-state index in [4.69, 9.17) is 9.47 Å². The molecular formula is C37H41N3O5. The molecule has 2 N–H and O–H groups in total. The van der Waals surface area contributed by atoms with Crippen molar-refractivity contribution in [2.75, 3.05) is 37.9 Å². The maximum absolute atomic E-state index is 14.2. The van der Waals surface area contributed by atoms with Gasteiger partial charge in [0, 0.05) is 43.8 Å². The normalized spacial score (nSPS) is 23.3. The molecule has 1 aliphatic carbocycles. The molecule has 0 saturated carbocycles. The van der Waals surface area contributed by atoms with Crippen molar-refractivity contribution < 1.29 is 24.2 Å². The third-order valence-corrected chi connectivity index (χ3v) is 10.2. The number of para-hydroxylation sites is 1. The number of piperidine rings is 1. The summed E-state index contributed by atoms with van der Waals surface area (Å²) in [5.41, 5.74) is 6.60. The van der Waals surface area contributed by atoms with Crippen molar-refractivity contribution in [2.45, 2.75) is 56.8 Å². The fraction of sp³-hybridized carbons (Fsp3) is 0.405. The fourth-order valence-electron chi connectivity index (χ4n) is 7.88. The zero-order valence-corrected chi connectivity index (χ0v) is 25.8. The number of likely N-dealkylation sites (tertiary alicyclic amines) is 1. The summed E-state index contributed by atoms with van der Waals surface area (Å²) in [6.45, 7) is 3.83. The molecule has 2 fully saturated rings. The molecule has 3 aliphatic heterocycles. The number of anilines is 1. The average molecular weight is 608 g/mol. The summed E-state index contributed by atoms with van der Waals surface area (Å²) >= 11 is 0. The number of fused-ring (bicyclic) bond motifs is 3. The van der Waals surface area contributed by atoms with Crippen molar-refractivity contribution >= 4 is 17.5 Å². The molecule has 2 amide bonds. The van der Waals surface area contributed by atoms with Gasteiger partial charge in [-0.1, -0.05) is 60.7 Å². The smallest absolute Gasteiger partial charge is 0.288 e. The van der Waals surface area contributed by atoms with Crippen LogP contribution in [0.5, 0.6) is 0 Å². The lowest BCUT2D eigenvalue weighted by atomic mass is 9.78. The third-order valence-electron chi connectivity index (χ3n) is 10.2. The van der Waals surface area contributed by atoms with Crippen molar-refractivity contribution in [1.82, 2.24) is 10.2 Å². The van der Waals surface area contributed by atoms with E-state index in [1.165, 1.54) is 27.8 Å². The van der Waals surface area contributed by atoms with Crippen LogP contribution in [0, 0.1) is 5.92 Å². The van der Waals surface area contributed by atoms with Crippen molar-refractivity contribution in [1.29, 1.82) is 0 Å². The predicted molar refractivity (Wildman–Crippen MR) is 172 cm³/mol. The molecule has 4 aliphatic rings. The van der Waals surface area contributed by atoms with E-state index in [0.717, 1.165) is 12.1 Å². The van der Waals surface area contributed by atoms with E-state index in [-0.39, 0.29) is 30.3 Å². The van der Waals surface area contributed by atoms with Crippen LogP contribution < -0.4 is 10.2 Å². The number of hydrogen-bond donors (Lipinski definition) is 2. The lowest BCUT2D eigenvalue weighted by molar-refractivity contribution is -0.171. The molecule has 2 saturated heterocycles. The van der Waals surface area contributed by atoms with Crippen molar-refractivity contribution in [3.05, 3.63) is 101 Å². The quantitative estimate of drug-likeness (QED) is 0.294. The number of carbonyl (C=O) groups is 2. The van der Waals surface area contributed by atoms with E-state index in [1.54, 1.807) is 0 Å². The average Bonchev–Trinajstić information content (AvgIpc) is 3.61. The first-order chi connectivity index (χ1) is 22.0. The Bertz CT molecular complexity index is 1600. The van der Waals surface area contributed by atoms with Gasteiger partial charge in [0.15, 0.2) is 5.76 Å². The first-order valence-electron chi connectivity index (χ1n) is 16.3. The largest absolute Gasteiger partial charge is 0.459 e. The minimum absolute atomic E-state index is 0.0220. The number of aliphatic hydroxyl groups is 1. The second-order valence-corrected chi connectivity index (χ2v) is 12.5. The molecule has 7 rings (SSSR count). The number of benzene rings is 3. The van der Waals surface area contributed by atoms with Gasteiger partial charge in [0.25, 0.3) is 5.91 Å². The van der Waals surface area contributed by atoms with E-state index in [1.807, 2.05) is 48.2 Å². The number of hydrogen-bond acceptors (Lipinski definition) is 6. The highest BCUT2D eigenvalue weighted by Gasteiger charge is 2.51. The molecule has 3 aromatic carbocycles. The van der Waals surface area contributed by atoms with Gasteiger partial charge in [0.1, 0.15) is 5.54 Å². The van der Waals surface area contributed by atoms with Crippen LogP contribution in [0.3, 0.4) is 0 Å². The van der Waals surface area contributed by atoms with Crippen molar-refractivity contribution in [2.24, 2.45) is 5.92 Å². The van der Waals surface area contributed by atoms with Crippen LogP contribution in [-0.4, -0.2) is 66.6 Å². The van der Waals surface area contributed by atoms with Gasteiger partial charge >= 0.3 is 0 Å². The number of carbonyl (C=O) groups excluding carboxylic acids is 2. The Hall–Kier alpha value is -4.14. The van der Waals surface area contributed by atoms with E-state index in [9.17, 15) is 14.7 Å². The molecule has 8 nitrogen and oxygen atoms in total. The van der Waals surface area contributed by atoms with Crippen LogP contribution in [0.2, 0.25) is 0 Å². The summed E-state index contributed by atoms with van der Waals surface area (Å²) in [7, 11) is 0. The Balaban J connectivity index is 1.18. The Morgan fingerprint density at radius 1 is 1.02 bits per heavy atom. The number of aliphatic hydroxyl groups excluding tert-OH is 1. The molecule has 8 heteroatoms. The summed E-state index contributed by atoms with van der Waals surface area (Å²) < 4.78 is 12.6. The first kappa shape index (κ1) is 29.6. The highest BCUT2D eigenvalue weighted by Crippen LogP contribution is 2.46. The SMILES string of the molecule is CCOC1OC(C(=O)N2CCC3(CC2)C(=O)NCN3c2ccccc2)=CC(c2cccc3c2Cc2ccccc2-3)C1CCCO. The number of rotatable bonds is 8. The van der Waals surface area contributed by atoms with Crippen LogP contribution in [0.25, 0.3) is 11.1 Å². The Morgan fingerprint density at radius 2 is 1.78 bits per heavy atom. The number of allylic oxidation sites excluding steroid dienone is 1. The topological polar surface area (TPSA) is 91.3 Å². The molecule has 3 aromatic rings. The summed E-state index contributed by atoms with van der Waals surface area (Å²) in [5, 5.41) is 12.8. The second-order valence-electron chi connectivity index (χ2n) is 12.5. The van der Waals surface area contributed by atoms with E-state index in [0.29, 0.717) is 57.8 Å². The van der Waals surface area contributed by atoms with E-state index < -0.39 is 11.8 Å². The highest BCUT2D eigenvalue weighted by molar-refractivity contribution is 5.95. The van der Waals surface area contributed by atoms with Crippen LogP contribution in [0.15, 0.2) is 84.6 Å². The van der Waals surface area contributed by atoms with Crippen molar-refractivity contribution in [3.8, 4) is 11.1 Å². The fourth-order valence-corrected chi connectivity index (χ4v) is 7.88. The minimum atomic E-state index is -0.675. The first-order valence-corrected chi connectivity index (χ1v) is 16.3. The third kappa shape index (κ3) is 5.20. The van der Waals surface area contributed by atoms with Gasteiger partial charge in [-0.05, 0) is 85.1 Å². The Labute approximate surface area is 264 Å². The van der Waals surface area contributed by atoms with Crippen LogP contribution in [0.1, 0.15) is 55.2 Å². The second kappa shape index (κ2) is 12.3. The van der Waals surface area contributed by atoms with Crippen molar-refractivity contribution in [3.63, 3.8) is 0 Å². The summed E-state index contributed by atoms with van der Waals surface area (Å²) in [6.07, 6.45) is 4.63. The molecule has 0 bridgehead atoms. The zero-order valence-electron chi connectivity index (χ0n) is 25.8. The molecular weight excluding hydrogens is 566 g/mol. The molecule has 0 aromatic heterocycles. The minimum Gasteiger partial charge on any atom is -0.459 e. The molecule has 0 radical (unpaired) electrons.